The number of hydrogen-bond donors (Lipinski definition) is 10. The Balaban J connectivity index is 1.46. The van der Waals surface area contributed by atoms with Crippen molar-refractivity contribution in [2.24, 2.45) is 65.8 Å². The van der Waals surface area contributed by atoms with Gasteiger partial charge in [0.15, 0.2) is 17.9 Å². The minimum Gasteiger partial charge on any atom is -0.370 e. The molecule has 0 aliphatic carbocycles. The van der Waals surface area contributed by atoms with Crippen LogP contribution in [-0.2, 0) is 25.7 Å². The van der Waals surface area contributed by atoms with Crippen LogP contribution in [0.1, 0.15) is 49.9 Å². The third kappa shape index (κ3) is 13.7. The number of thioether (sulfide) groups is 2. The van der Waals surface area contributed by atoms with Crippen LogP contribution in [-0.4, -0.2) is 66.9 Å². The van der Waals surface area contributed by atoms with E-state index >= 15 is 0 Å². The summed E-state index contributed by atoms with van der Waals surface area (Å²) in [7, 11) is 0. The largest absolute Gasteiger partial charge is 0.370 e. The van der Waals surface area contributed by atoms with E-state index in [0.717, 1.165) is 62.4 Å². The molecule has 16 heteroatoms. The highest BCUT2D eigenvalue weighted by Gasteiger charge is 2.22. The van der Waals surface area contributed by atoms with E-state index in [0.29, 0.717) is 50.5 Å². The molecule has 0 radical (unpaired) electrons. The minimum absolute atomic E-state index is 0.0661. The van der Waals surface area contributed by atoms with Crippen LogP contribution < -0.4 is 51.2 Å². The molecular formula is C36H50N14S2. The molecule has 1 atom stereocenters. The zero-order valence-electron chi connectivity index (χ0n) is 29.2. The van der Waals surface area contributed by atoms with E-state index < -0.39 is 6.29 Å². The van der Waals surface area contributed by atoms with Crippen molar-refractivity contribution in [3.8, 4) is 0 Å². The third-order valence-electron chi connectivity index (χ3n) is 7.87. The monoisotopic (exact) mass is 742 g/mol. The molecule has 3 aromatic rings. The lowest BCUT2D eigenvalue weighted by atomic mass is 9.99. The van der Waals surface area contributed by atoms with Crippen LogP contribution in [0.25, 0.3) is 6.08 Å². The molecule has 0 saturated carbocycles. The quantitative estimate of drug-likeness (QED) is 0.0505. The van der Waals surface area contributed by atoms with Gasteiger partial charge in [0.2, 0.25) is 0 Å². The topological polar surface area (TPSA) is 293 Å². The molecule has 0 spiro atoms. The van der Waals surface area contributed by atoms with Crippen LogP contribution in [0.15, 0.2) is 86.0 Å². The summed E-state index contributed by atoms with van der Waals surface area (Å²) in [5.74, 6) is 0.980. The lowest BCUT2D eigenvalue weighted by molar-refractivity contribution is 0.548. The Bertz CT molecular complexity index is 1780. The van der Waals surface area contributed by atoms with Crippen LogP contribution in [0.4, 0.5) is 0 Å². The zero-order valence-corrected chi connectivity index (χ0v) is 30.8. The minimum atomic E-state index is -0.569. The predicted octanol–water partition coefficient (Wildman–Crippen LogP) is 1.43. The van der Waals surface area contributed by atoms with Crippen LogP contribution >= 0.6 is 23.5 Å². The smallest absolute Gasteiger partial charge is 0.185 e. The van der Waals surface area contributed by atoms with Gasteiger partial charge in [-0.2, -0.15) is 0 Å². The highest BCUT2D eigenvalue weighted by molar-refractivity contribution is 8.16. The van der Waals surface area contributed by atoms with E-state index in [9.17, 15) is 0 Å². The van der Waals surface area contributed by atoms with Crippen molar-refractivity contribution in [2.75, 3.05) is 31.9 Å². The zero-order chi connectivity index (χ0) is 37.5. The fraction of sp³-hybridized carbons (Fsp3) is 0.306. The van der Waals surface area contributed by atoms with Crippen LogP contribution in [0.3, 0.4) is 0 Å². The molecule has 0 amide bonds. The summed E-state index contributed by atoms with van der Waals surface area (Å²) >= 11 is 3.12. The first-order valence-corrected chi connectivity index (χ1v) is 18.7. The first kappa shape index (κ1) is 39.9. The highest BCUT2D eigenvalue weighted by atomic mass is 32.2. The average molecular weight is 743 g/mol. The van der Waals surface area contributed by atoms with Gasteiger partial charge in [-0.05, 0) is 94.3 Å². The second-order valence-electron chi connectivity index (χ2n) is 12.1. The summed E-state index contributed by atoms with van der Waals surface area (Å²) in [5.41, 5.74) is 53.9. The van der Waals surface area contributed by atoms with Gasteiger partial charge in [0.05, 0.1) is 10.8 Å². The average Bonchev–Trinajstić information content (AvgIpc) is 3.58. The molecule has 0 bridgehead atoms. The van der Waals surface area contributed by atoms with Crippen molar-refractivity contribution in [3.05, 3.63) is 111 Å². The van der Waals surface area contributed by atoms with Crippen molar-refractivity contribution in [1.29, 1.82) is 5.41 Å². The van der Waals surface area contributed by atoms with Gasteiger partial charge in [0.25, 0.3) is 0 Å². The Hall–Kier alpha value is -4.87. The Kier molecular flexibility index (Phi) is 15.5. The van der Waals surface area contributed by atoms with E-state index in [1.54, 1.807) is 11.8 Å². The molecule has 14 nitrogen and oxygen atoms in total. The van der Waals surface area contributed by atoms with Crippen LogP contribution in [0.5, 0.6) is 0 Å². The van der Waals surface area contributed by atoms with E-state index in [1.807, 2.05) is 23.6 Å². The molecule has 1 aliphatic heterocycles. The van der Waals surface area contributed by atoms with Crippen LogP contribution in [0.2, 0.25) is 0 Å². The Morgan fingerprint density at radius 2 is 1.37 bits per heavy atom. The van der Waals surface area contributed by atoms with Gasteiger partial charge in [-0.1, -0.05) is 54.2 Å². The lowest BCUT2D eigenvalue weighted by Gasteiger charge is -2.12. The number of rotatable bonds is 18. The highest BCUT2D eigenvalue weighted by Crippen LogP contribution is 2.37. The number of nitrogens with one attached hydrogen (secondary N) is 2. The first-order valence-electron chi connectivity index (χ1n) is 16.8. The van der Waals surface area contributed by atoms with E-state index in [-0.39, 0.29) is 23.3 Å². The molecule has 1 heterocycles. The summed E-state index contributed by atoms with van der Waals surface area (Å²) in [4.78, 5) is 17.5. The Labute approximate surface area is 313 Å². The molecule has 3 aromatic carbocycles. The molecule has 0 fully saturated rings. The van der Waals surface area contributed by atoms with E-state index in [2.05, 4.69) is 68.8 Å². The molecule has 1 unspecified atom stereocenters. The number of nitrogens with two attached hydrogens (primary N) is 8. The molecular weight excluding hydrogens is 693 g/mol. The lowest BCUT2D eigenvalue weighted by Crippen LogP contribution is -2.45. The second kappa shape index (κ2) is 20.2. The molecule has 52 heavy (non-hydrogen) atoms. The van der Waals surface area contributed by atoms with E-state index in [4.69, 9.17) is 56.3 Å². The summed E-state index contributed by atoms with van der Waals surface area (Å²) < 4.78 is 0. The fourth-order valence-corrected chi connectivity index (χ4v) is 7.23. The third-order valence-corrected chi connectivity index (χ3v) is 9.75. The van der Waals surface area contributed by atoms with Gasteiger partial charge in [0, 0.05) is 37.5 Å². The van der Waals surface area contributed by atoms with Gasteiger partial charge < -0.3 is 45.9 Å². The molecule has 276 valence electrons. The van der Waals surface area contributed by atoms with Gasteiger partial charge >= 0.3 is 0 Å². The van der Waals surface area contributed by atoms with Gasteiger partial charge in [-0.15, -0.1) is 11.8 Å². The number of aliphatic imine (C=N–C) groups is 4. The molecule has 18 N–H and O–H groups in total. The number of guanidine groups is 3. The maximum atomic E-state index is 8.84. The molecule has 0 aromatic heterocycles. The Morgan fingerprint density at radius 1 is 0.808 bits per heavy atom. The first-order chi connectivity index (χ1) is 24.9. The van der Waals surface area contributed by atoms with Gasteiger partial charge in [-0.25, -0.2) is 0 Å². The molecule has 1 aliphatic rings. The maximum Gasteiger partial charge on any atom is 0.185 e. The number of nitrogens with zero attached hydrogens (tertiary/aromatic N) is 4. The number of benzene rings is 3. The van der Waals surface area contributed by atoms with Crippen molar-refractivity contribution >= 4 is 58.2 Å². The molecule has 0 saturated heterocycles. The van der Waals surface area contributed by atoms with Crippen LogP contribution in [0, 0.1) is 5.41 Å². The normalized spacial score (nSPS) is 14.0. The predicted molar refractivity (Wildman–Crippen MR) is 222 cm³/mol. The SMILES string of the molecule is N=C(SC=Cc1cc(CCN=C(N)N)cc(CCN=C(N)N)c1)c1cccc(C2N=C(c3cc(CCN=C(N)N)cc(CCNC(N)N)c3)CS2)c1. The standard InChI is InChI=1S/C36H50N14S2/c37-31(51-13-8-26-15-22(4-9-46-33(38)39)14-23(16-26)5-10-47-34(40)41)27-2-1-3-28(20-27)32-50-30(21-52-32)29-18-24(6-11-48-35(42)43)17-25(19-29)7-12-49-36(44)45/h1-3,8,13-20,32,35,37,48H,4-7,9-12,21,42-43H2,(H4,38,39,46)(H4,40,41,47)(H4,44,45,49). The fourth-order valence-electron chi connectivity index (χ4n) is 5.50. The summed E-state index contributed by atoms with van der Waals surface area (Å²) in [6.45, 7) is 2.13. The van der Waals surface area contributed by atoms with Crippen molar-refractivity contribution in [3.63, 3.8) is 0 Å². The number of hydrogen-bond acceptors (Lipinski definition) is 10. The second-order valence-corrected chi connectivity index (χ2v) is 14.1. The summed E-state index contributed by atoms with van der Waals surface area (Å²) in [6.07, 6.45) is 4.26. The van der Waals surface area contributed by atoms with Gasteiger partial charge in [-0.3, -0.25) is 30.7 Å². The molecule has 4 rings (SSSR count). The summed E-state index contributed by atoms with van der Waals surface area (Å²) in [6, 6.07) is 20.9. The summed E-state index contributed by atoms with van der Waals surface area (Å²) in [5, 5.41) is 14.2. The van der Waals surface area contributed by atoms with Gasteiger partial charge in [0.1, 0.15) is 11.7 Å². The van der Waals surface area contributed by atoms with Crippen molar-refractivity contribution in [1.82, 2.24) is 5.32 Å². The maximum absolute atomic E-state index is 8.84. The van der Waals surface area contributed by atoms with E-state index in [1.165, 1.54) is 11.8 Å². The van der Waals surface area contributed by atoms with Crippen molar-refractivity contribution < 1.29 is 0 Å². The Morgan fingerprint density at radius 3 is 1.92 bits per heavy atom. The van der Waals surface area contributed by atoms with Crippen molar-refractivity contribution in [2.45, 2.75) is 37.3 Å².